The minimum absolute atomic E-state index is 0.173. The van der Waals surface area contributed by atoms with Crippen LogP contribution in [0.15, 0.2) is 54.6 Å². The highest BCUT2D eigenvalue weighted by Crippen LogP contribution is 2.12. The van der Waals surface area contributed by atoms with Crippen LogP contribution in [-0.2, 0) is 20.9 Å². The first-order chi connectivity index (χ1) is 14.0. The van der Waals surface area contributed by atoms with Crippen molar-refractivity contribution in [2.24, 2.45) is 0 Å². The minimum Gasteiger partial charge on any atom is -0.465 e. The van der Waals surface area contributed by atoms with Gasteiger partial charge in [-0.3, -0.25) is 14.5 Å². The number of nitrogens with zero attached hydrogens (tertiary/aromatic N) is 2. The molecule has 3 rings (SSSR count). The third kappa shape index (κ3) is 5.89. The maximum absolute atomic E-state index is 12.4. The lowest BCUT2D eigenvalue weighted by Crippen LogP contribution is -2.48. The van der Waals surface area contributed by atoms with Gasteiger partial charge in [-0.05, 0) is 29.8 Å². The average Bonchev–Trinajstić information content (AvgIpc) is 2.75. The van der Waals surface area contributed by atoms with Gasteiger partial charge in [-0.2, -0.15) is 0 Å². The molecule has 2 aromatic rings. The van der Waals surface area contributed by atoms with Crippen LogP contribution >= 0.6 is 0 Å². The third-order valence-corrected chi connectivity index (χ3v) is 4.88. The molecule has 0 radical (unpaired) electrons. The number of methoxy groups -OCH3 is 1. The van der Waals surface area contributed by atoms with Gasteiger partial charge >= 0.3 is 5.97 Å². The zero-order chi connectivity index (χ0) is 20.6. The molecule has 0 saturated carbocycles. The highest BCUT2D eigenvalue weighted by molar-refractivity contribution is 6.03. The number of carbonyl (C=O) groups is 3. The van der Waals surface area contributed by atoms with Crippen LogP contribution in [0.1, 0.15) is 22.3 Å². The second kappa shape index (κ2) is 9.84. The molecule has 2 amide bonds. The van der Waals surface area contributed by atoms with Crippen LogP contribution in [0.5, 0.6) is 0 Å². The number of amides is 2. The van der Waals surface area contributed by atoms with Gasteiger partial charge in [0.15, 0.2) is 0 Å². The first kappa shape index (κ1) is 20.5. The van der Waals surface area contributed by atoms with Gasteiger partial charge in [-0.1, -0.05) is 30.3 Å². The fraction of sp³-hybridized carbons (Fsp3) is 0.318. The molecule has 1 heterocycles. The van der Waals surface area contributed by atoms with E-state index in [4.69, 9.17) is 0 Å². The summed E-state index contributed by atoms with van der Waals surface area (Å²) in [6, 6.07) is 16.6. The van der Waals surface area contributed by atoms with Crippen LogP contribution in [-0.4, -0.2) is 60.9 Å². The molecular formula is C22H25N3O4. The Balaban J connectivity index is 1.43. The van der Waals surface area contributed by atoms with Crippen LogP contribution in [0, 0.1) is 0 Å². The molecule has 0 unspecified atom stereocenters. The van der Waals surface area contributed by atoms with E-state index in [2.05, 4.69) is 27.1 Å². The average molecular weight is 395 g/mol. The molecule has 1 aliphatic rings. The Hall–Kier alpha value is -3.19. The van der Waals surface area contributed by atoms with Crippen molar-refractivity contribution in [3.05, 3.63) is 65.7 Å². The van der Waals surface area contributed by atoms with Gasteiger partial charge in [0.05, 0.1) is 12.7 Å². The van der Waals surface area contributed by atoms with E-state index in [0.717, 1.165) is 19.6 Å². The molecule has 0 bridgehead atoms. The molecule has 152 valence electrons. The SMILES string of the molecule is COC(=O)c1ccc(NC(=O)CC(=O)N2CCN(Cc3ccccc3)CC2)cc1. The van der Waals surface area contributed by atoms with Crippen molar-refractivity contribution in [3.8, 4) is 0 Å². The summed E-state index contributed by atoms with van der Waals surface area (Å²) in [7, 11) is 1.31. The number of nitrogens with one attached hydrogen (secondary N) is 1. The monoisotopic (exact) mass is 395 g/mol. The van der Waals surface area contributed by atoms with Crippen molar-refractivity contribution >= 4 is 23.5 Å². The molecule has 1 N–H and O–H groups in total. The highest BCUT2D eigenvalue weighted by Gasteiger charge is 2.22. The molecule has 1 aliphatic heterocycles. The lowest BCUT2D eigenvalue weighted by atomic mass is 10.2. The zero-order valence-corrected chi connectivity index (χ0v) is 16.5. The zero-order valence-electron chi connectivity index (χ0n) is 16.5. The van der Waals surface area contributed by atoms with Crippen LogP contribution in [0.25, 0.3) is 0 Å². The summed E-state index contributed by atoms with van der Waals surface area (Å²) < 4.78 is 4.64. The van der Waals surface area contributed by atoms with Gasteiger partial charge in [0.2, 0.25) is 11.8 Å². The smallest absolute Gasteiger partial charge is 0.337 e. The van der Waals surface area contributed by atoms with E-state index in [0.29, 0.717) is 24.3 Å². The molecule has 0 spiro atoms. The molecule has 1 saturated heterocycles. The summed E-state index contributed by atoms with van der Waals surface area (Å²) in [5.74, 6) is -0.981. The lowest BCUT2D eigenvalue weighted by molar-refractivity contribution is -0.136. The van der Waals surface area contributed by atoms with Crippen LogP contribution in [0.4, 0.5) is 5.69 Å². The fourth-order valence-corrected chi connectivity index (χ4v) is 3.26. The van der Waals surface area contributed by atoms with Crippen molar-refractivity contribution in [3.63, 3.8) is 0 Å². The van der Waals surface area contributed by atoms with Crippen LogP contribution in [0.3, 0.4) is 0 Å². The number of ether oxygens (including phenoxy) is 1. The Morgan fingerprint density at radius 3 is 2.21 bits per heavy atom. The topological polar surface area (TPSA) is 78.9 Å². The van der Waals surface area contributed by atoms with Crippen LogP contribution in [0.2, 0.25) is 0 Å². The van der Waals surface area contributed by atoms with Gasteiger partial charge in [-0.25, -0.2) is 4.79 Å². The van der Waals surface area contributed by atoms with Gasteiger partial charge in [0.25, 0.3) is 0 Å². The molecule has 0 atom stereocenters. The first-order valence-electron chi connectivity index (χ1n) is 9.57. The van der Waals surface area contributed by atoms with E-state index in [1.54, 1.807) is 29.2 Å². The van der Waals surface area contributed by atoms with Crippen molar-refractivity contribution < 1.29 is 19.1 Å². The minimum atomic E-state index is -0.440. The maximum Gasteiger partial charge on any atom is 0.337 e. The van der Waals surface area contributed by atoms with E-state index in [1.807, 2.05) is 18.2 Å². The molecule has 2 aromatic carbocycles. The Morgan fingerprint density at radius 1 is 0.931 bits per heavy atom. The van der Waals surface area contributed by atoms with Crippen molar-refractivity contribution in [1.82, 2.24) is 9.80 Å². The summed E-state index contributed by atoms with van der Waals surface area (Å²) in [5, 5.41) is 2.69. The molecule has 7 nitrogen and oxygen atoms in total. The summed E-state index contributed by atoms with van der Waals surface area (Å²) in [5.41, 5.74) is 2.18. The number of piperazine rings is 1. The molecule has 0 aromatic heterocycles. The Labute approximate surface area is 170 Å². The van der Waals surface area contributed by atoms with Gasteiger partial charge < -0.3 is 15.0 Å². The quantitative estimate of drug-likeness (QED) is 0.599. The van der Waals surface area contributed by atoms with E-state index in [-0.39, 0.29) is 18.2 Å². The van der Waals surface area contributed by atoms with E-state index >= 15 is 0 Å². The third-order valence-electron chi connectivity index (χ3n) is 4.88. The second-order valence-corrected chi connectivity index (χ2v) is 6.94. The standard InChI is InChI=1S/C22H25N3O4/c1-29-22(28)18-7-9-19(10-8-18)23-20(26)15-21(27)25-13-11-24(12-14-25)16-17-5-3-2-4-6-17/h2-10H,11-16H2,1H3,(H,23,26). The number of rotatable bonds is 6. The number of esters is 1. The van der Waals surface area contributed by atoms with Gasteiger partial charge in [0, 0.05) is 38.4 Å². The summed E-state index contributed by atoms with van der Waals surface area (Å²) in [6.07, 6.45) is -0.197. The van der Waals surface area contributed by atoms with E-state index in [9.17, 15) is 14.4 Å². The highest BCUT2D eigenvalue weighted by atomic mass is 16.5. The largest absolute Gasteiger partial charge is 0.465 e. The Morgan fingerprint density at radius 2 is 1.59 bits per heavy atom. The normalized spacial score (nSPS) is 14.3. The Bertz CT molecular complexity index is 844. The summed E-state index contributed by atoms with van der Waals surface area (Å²) in [4.78, 5) is 40.1. The number of benzene rings is 2. The lowest BCUT2D eigenvalue weighted by Gasteiger charge is -2.34. The van der Waals surface area contributed by atoms with Crippen molar-refractivity contribution in [2.45, 2.75) is 13.0 Å². The van der Waals surface area contributed by atoms with Gasteiger partial charge in [0.1, 0.15) is 6.42 Å². The maximum atomic E-state index is 12.4. The number of carbonyl (C=O) groups excluding carboxylic acids is 3. The van der Waals surface area contributed by atoms with Gasteiger partial charge in [-0.15, -0.1) is 0 Å². The number of hydrogen-bond donors (Lipinski definition) is 1. The first-order valence-corrected chi connectivity index (χ1v) is 9.57. The fourth-order valence-electron chi connectivity index (χ4n) is 3.26. The molecule has 7 heteroatoms. The Kier molecular flexibility index (Phi) is 6.97. The van der Waals surface area contributed by atoms with Crippen molar-refractivity contribution in [2.75, 3.05) is 38.6 Å². The summed E-state index contributed by atoms with van der Waals surface area (Å²) in [6.45, 7) is 3.68. The predicted octanol–water partition coefficient (Wildman–Crippen LogP) is 2.15. The van der Waals surface area contributed by atoms with Crippen molar-refractivity contribution in [1.29, 1.82) is 0 Å². The van der Waals surface area contributed by atoms with E-state index < -0.39 is 5.97 Å². The molecule has 1 fully saturated rings. The number of anilines is 1. The molecule has 0 aliphatic carbocycles. The second-order valence-electron chi connectivity index (χ2n) is 6.94. The summed E-state index contributed by atoms with van der Waals surface area (Å²) >= 11 is 0. The number of hydrogen-bond acceptors (Lipinski definition) is 5. The molecule has 29 heavy (non-hydrogen) atoms. The predicted molar refractivity (Wildman–Crippen MR) is 109 cm³/mol. The van der Waals surface area contributed by atoms with Crippen LogP contribution < -0.4 is 5.32 Å². The van der Waals surface area contributed by atoms with E-state index in [1.165, 1.54) is 12.7 Å². The molecular weight excluding hydrogens is 370 g/mol.